The second-order valence-corrected chi connectivity index (χ2v) is 10.2. The Morgan fingerprint density at radius 3 is 2.31 bits per heavy atom. The quantitative estimate of drug-likeness (QED) is 0.213. The van der Waals surface area contributed by atoms with E-state index in [4.69, 9.17) is 18.9 Å². The molecule has 0 radical (unpaired) electrons. The average Bonchev–Trinajstić information content (AvgIpc) is 3.43. The summed E-state index contributed by atoms with van der Waals surface area (Å²) in [5, 5.41) is 11.3. The van der Waals surface area contributed by atoms with Crippen LogP contribution in [-0.4, -0.2) is 60.0 Å². The van der Waals surface area contributed by atoms with Gasteiger partial charge in [0.1, 0.15) is 12.0 Å². The monoisotopic (exact) mass is 508 g/mol. The van der Waals surface area contributed by atoms with E-state index in [9.17, 15) is 24.3 Å². The number of unbranched alkanes of at least 4 members (excludes halogenated alkanes) is 6. The van der Waals surface area contributed by atoms with E-state index in [-0.39, 0.29) is 24.0 Å². The van der Waals surface area contributed by atoms with Crippen LogP contribution in [0.15, 0.2) is 11.1 Å². The molecule has 202 valence electrons. The minimum atomic E-state index is -1.81. The molecule has 6 unspecified atom stereocenters. The van der Waals surface area contributed by atoms with E-state index in [1.54, 1.807) is 0 Å². The number of hydrogen-bond donors (Lipinski definition) is 1. The molecule has 0 aromatic heterocycles. The van der Waals surface area contributed by atoms with Crippen molar-refractivity contribution in [2.45, 2.75) is 115 Å². The molecule has 2 saturated heterocycles. The minimum absolute atomic E-state index is 0.0279. The third kappa shape index (κ3) is 5.45. The van der Waals surface area contributed by atoms with E-state index in [0.717, 1.165) is 44.9 Å². The molecule has 0 amide bonds. The predicted molar refractivity (Wildman–Crippen MR) is 128 cm³/mol. The Bertz CT molecular complexity index is 878. The van der Waals surface area contributed by atoms with Crippen LogP contribution in [-0.2, 0) is 38.1 Å². The molecule has 0 aromatic carbocycles. The summed E-state index contributed by atoms with van der Waals surface area (Å²) in [6, 6.07) is 0. The van der Waals surface area contributed by atoms with E-state index in [0.29, 0.717) is 12.8 Å². The first-order valence-electron chi connectivity index (χ1n) is 13.3. The highest BCUT2D eigenvalue weighted by Gasteiger charge is 2.63. The van der Waals surface area contributed by atoms with Crippen LogP contribution in [0.4, 0.5) is 0 Å². The van der Waals surface area contributed by atoms with E-state index >= 15 is 0 Å². The van der Waals surface area contributed by atoms with Crippen LogP contribution >= 0.6 is 0 Å². The molecule has 3 aliphatic heterocycles. The summed E-state index contributed by atoms with van der Waals surface area (Å²) in [5.74, 6) is -4.61. The zero-order valence-corrected chi connectivity index (χ0v) is 21.9. The molecule has 3 aliphatic rings. The number of aliphatic hydroxyl groups excluding tert-OH is 1. The van der Waals surface area contributed by atoms with Gasteiger partial charge in [-0.25, -0.2) is 9.59 Å². The number of carbonyl (C=O) groups is 4. The van der Waals surface area contributed by atoms with Gasteiger partial charge < -0.3 is 24.1 Å². The summed E-state index contributed by atoms with van der Waals surface area (Å²) in [7, 11) is 1.18. The first kappa shape index (κ1) is 28.2. The van der Waals surface area contributed by atoms with Crippen molar-refractivity contribution in [3.63, 3.8) is 0 Å². The smallest absolute Gasteiger partial charge is 0.338 e. The molecule has 36 heavy (non-hydrogen) atoms. The van der Waals surface area contributed by atoms with Crippen molar-refractivity contribution in [2.75, 3.05) is 7.11 Å². The van der Waals surface area contributed by atoms with E-state index < -0.39 is 59.6 Å². The molecule has 0 aromatic rings. The summed E-state index contributed by atoms with van der Waals surface area (Å²) in [6.07, 6.45) is 5.55. The lowest BCUT2D eigenvalue weighted by molar-refractivity contribution is -0.167. The molecule has 0 aliphatic carbocycles. The molecule has 9 nitrogen and oxygen atoms in total. The van der Waals surface area contributed by atoms with Crippen LogP contribution in [0, 0.1) is 11.8 Å². The molecule has 0 saturated carbocycles. The Labute approximate surface area is 212 Å². The summed E-state index contributed by atoms with van der Waals surface area (Å²) < 4.78 is 21.8. The van der Waals surface area contributed by atoms with Crippen molar-refractivity contribution in [3.8, 4) is 0 Å². The van der Waals surface area contributed by atoms with E-state index in [1.807, 2.05) is 0 Å². The second-order valence-electron chi connectivity index (χ2n) is 10.2. The molecule has 0 bridgehead atoms. The number of hydrogen-bond acceptors (Lipinski definition) is 9. The third-order valence-corrected chi connectivity index (χ3v) is 7.75. The first-order valence-corrected chi connectivity index (χ1v) is 13.3. The van der Waals surface area contributed by atoms with Crippen molar-refractivity contribution >= 4 is 23.9 Å². The lowest BCUT2D eigenvalue weighted by Crippen LogP contribution is -2.50. The maximum absolute atomic E-state index is 13.0. The minimum Gasteiger partial charge on any atom is -0.466 e. The fourth-order valence-electron chi connectivity index (χ4n) is 5.76. The van der Waals surface area contributed by atoms with Crippen molar-refractivity contribution in [3.05, 3.63) is 11.1 Å². The molecule has 6 atom stereocenters. The summed E-state index contributed by atoms with van der Waals surface area (Å²) in [5.41, 5.74) is -1.88. The molecule has 2 fully saturated rings. The highest BCUT2D eigenvalue weighted by Crippen LogP contribution is 2.48. The van der Waals surface area contributed by atoms with Gasteiger partial charge >= 0.3 is 23.9 Å². The van der Waals surface area contributed by atoms with Crippen LogP contribution < -0.4 is 0 Å². The van der Waals surface area contributed by atoms with Crippen LogP contribution in [0.1, 0.15) is 91.4 Å². The van der Waals surface area contributed by atoms with Gasteiger partial charge in [-0.15, -0.1) is 0 Å². The van der Waals surface area contributed by atoms with Crippen LogP contribution in [0.2, 0.25) is 0 Å². The molecule has 3 heterocycles. The Kier molecular flexibility index (Phi) is 9.55. The van der Waals surface area contributed by atoms with Gasteiger partial charge in [-0.1, -0.05) is 58.8 Å². The van der Waals surface area contributed by atoms with E-state index in [1.165, 1.54) is 14.0 Å². The molecule has 3 rings (SSSR count). The number of ether oxygens (including phenoxy) is 4. The fourth-order valence-corrected chi connectivity index (χ4v) is 5.76. The normalized spacial score (nSPS) is 30.2. The van der Waals surface area contributed by atoms with Crippen molar-refractivity contribution in [1.82, 2.24) is 0 Å². The van der Waals surface area contributed by atoms with Gasteiger partial charge in [0.15, 0.2) is 11.7 Å². The average molecular weight is 509 g/mol. The topological polar surface area (TPSA) is 125 Å². The van der Waals surface area contributed by atoms with Gasteiger partial charge in [0, 0.05) is 12.0 Å². The van der Waals surface area contributed by atoms with Gasteiger partial charge in [-0.2, -0.15) is 0 Å². The van der Waals surface area contributed by atoms with Crippen molar-refractivity contribution in [2.24, 2.45) is 11.8 Å². The summed E-state index contributed by atoms with van der Waals surface area (Å²) >= 11 is 0. The SMILES string of the molecule is CCCCCCC1OC(=O)C2C(CC3(C(O)CCCCCC)OC(=O)C(C)=C3C(=O)OC)C(=O)OC12. The van der Waals surface area contributed by atoms with Crippen molar-refractivity contribution < 1.29 is 43.2 Å². The van der Waals surface area contributed by atoms with Crippen LogP contribution in [0.5, 0.6) is 0 Å². The number of methoxy groups -OCH3 is 1. The predicted octanol–water partition coefficient (Wildman–Crippen LogP) is 3.55. The number of rotatable bonds is 14. The second kappa shape index (κ2) is 12.2. The Morgan fingerprint density at radius 1 is 1.00 bits per heavy atom. The van der Waals surface area contributed by atoms with Gasteiger partial charge in [0.2, 0.25) is 0 Å². The number of cyclic esters (lactones) is 2. The summed E-state index contributed by atoms with van der Waals surface area (Å²) in [4.78, 5) is 51.4. The summed E-state index contributed by atoms with van der Waals surface area (Å²) in [6.45, 7) is 5.61. The Morgan fingerprint density at radius 2 is 1.67 bits per heavy atom. The fraction of sp³-hybridized carbons (Fsp3) is 0.778. The first-order chi connectivity index (χ1) is 17.2. The lowest BCUT2D eigenvalue weighted by Gasteiger charge is -2.36. The zero-order valence-electron chi connectivity index (χ0n) is 21.9. The van der Waals surface area contributed by atoms with Crippen molar-refractivity contribution in [1.29, 1.82) is 0 Å². The lowest BCUT2D eigenvalue weighted by atomic mass is 9.74. The largest absolute Gasteiger partial charge is 0.466 e. The van der Waals surface area contributed by atoms with Gasteiger partial charge in [-0.3, -0.25) is 9.59 Å². The number of esters is 4. The van der Waals surface area contributed by atoms with Gasteiger partial charge in [-0.05, 0) is 26.2 Å². The molecular formula is C27H40O9. The highest BCUT2D eigenvalue weighted by molar-refractivity contribution is 6.05. The molecule has 1 N–H and O–H groups in total. The van der Waals surface area contributed by atoms with Gasteiger partial charge in [0.25, 0.3) is 0 Å². The number of aliphatic hydroxyl groups is 1. The Hall–Kier alpha value is -2.42. The van der Waals surface area contributed by atoms with Crippen LogP contribution in [0.25, 0.3) is 0 Å². The third-order valence-electron chi connectivity index (χ3n) is 7.75. The maximum atomic E-state index is 13.0. The number of fused-ring (bicyclic) bond motifs is 1. The molecule has 9 heteroatoms. The zero-order chi connectivity index (χ0) is 26.5. The van der Waals surface area contributed by atoms with Crippen LogP contribution in [0.3, 0.4) is 0 Å². The molecule has 0 spiro atoms. The Balaban J connectivity index is 1.88. The van der Waals surface area contributed by atoms with E-state index in [2.05, 4.69) is 13.8 Å². The van der Waals surface area contributed by atoms with Gasteiger partial charge in [0.05, 0.1) is 24.7 Å². The maximum Gasteiger partial charge on any atom is 0.338 e. The molecular weight excluding hydrogens is 468 g/mol. The number of carbonyl (C=O) groups excluding carboxylic acids is 4. The highest BCUT2D eigenvalue weighted by atomic mass is 16.6. The standard InChI is InChI=1S/C27H40O9/c1-5-7-9-11-13-18-22-20(25(31)34-18)17(24(30)35-22)15-27(19(28)14-12-10-8-6-2)21(26(32)33-4)16(3)23(29)36-27/h17-20,22,28H,5-15H2,1-4H3.